The summed E-state index contributed by atoms with van der Waals surface area (Å²) in [5, 5.41) is 16.7. The van der Waals surface area contributed by atoms with Gasteiger partial charge in [0.25, 0.3) is 0 Å². The fourth-order valence-corrected chi connectivity index (χ4v) is 3.64. The largest absolute Gasteiger partial charge is 0.294 e. The van der Waals surface area contributed by atoms with Crippen LogP contribution in [0.15, 0.2) is 42.7 Å². The fourth-order valence-electron chi connectivity index (χ4n) is 3.64. The number of likely N-dealkylation sites (tertiary alicyclic amines) is 1. The Bertz CT molecular complexity index is 815. The quantitative estimate of drug-likeness (QED) is 0.731. The molecule has 0 N–H and O–H groups in total. The Morgan fingerprint density at radius 1 is 1.12 bits per heavy atom. The number of tetrazole rings is 1. The summed E-state index contributed by atoms with van der Waals surface area (Å²) in [7, 11) is 1.98. The van der Waals surface area contributed by atoms with Gasteiger partial charge >= 0.3 is 0 Å². The van der Waals surface area contributed by atoms with E-state index in [2.05, 4.69) is 38.6 Å². The van der Waals surface area contributed by atoms with Gasteiger partial charge in [0.05, 0.1) is 17.9 Å². The van der Waals surface area contributed by atoms with Gasteiger partial charge in [-0.25, -0.2) is 0 Å². The van der Waals surface area contributed by atoms with E-state index in [0.29, 0.717) is 5.92 Å². The zero-order valence-electron chi connectivity index (χ0n) is 14.7. The molecule has 0 saturated carbocycles. The number of hydrogen-bond donors (Lipinski definition) is 0. The summed E-state index contributed by atoms with van der Waals surface area (Å²) < 4.78 is 3.73. The van der Waals surface area contributed by atoms with Crippen molar-refractivity contribution in [3.05, 3.63) is 54.1 Å². The number of benzene rings is 1. The second kappa shape index (κ2) is 6.76. The Kier molecular flexibility index (Phi) is 4.31. The van der Waals surface area contributed by atoms with Crippen LogP contribution in [0.1, 0.15) is 43.1 Å². The molecular weight excluding hydrogens is 314 g/mol. The van der Waals surface area contributed by atoms with E-state index < -0.39 is 0 Å². The van der Waals surface area contributed by atoms with Crippen LogP contribution in [0.4, 0.5) is 0 Å². The summed E-state index contributed by atoms with van der Waals surface area (Å²) in [4.78, 5) is 2.47. The Labute approximate surface area is 147 Å². The van der Waals surface area contributed by atoms with E-state index in [-0.39, 0.29) is 6.04 Å². The van der Waals surface area contributed by atoms with Gasteiger partial charge in [0.1, 0.15) is 0 Å². The molecule has 0 unspecified atom stereocenters. The molecule has 0 spiro atoms. The summed E-state index contributed by atoms with van der Waals surface area (Å²) in [5.74, 6) is 1.49. The minimum absolute atomic E-state index is 0.185. The van der Waals surface area contributed by atoms with Crippen molar-refractivity contribution in [3.8, 4) is 5.69 Å². The van der Waals surface area contributed by atoms with Gasteiger partial charge in [0.2, 0.25) is 0 Å². The molecule has 1 aliphatic rings. The smallest absolute Gasteiger partial charge is 0.173 e. The van der Waals surface area contributed by atoms with Crippen molar-refractivity contribution >= 4 is 0 Å². The highest BCUT2D eigenvalue weighted by atomic mass is 15.6. The van der Waals surface area contributed by atoms with Gasteiger partial charge in [-0.05, 0) is 66.9 Å². The van der Waals surface area contributed by atoms with Crippen LogP contribution < -0.4 is 0 Å². The zero-order chi connectivity index (χ0) is 17.2. The highest BCUT2D eigenvalue weighted by Crippen LogP contribution is 2.31. The number of piperidine rings is 1. The molecule has 0 radical (unpaired) electrons. The monoisotopic (exact) mass is 337 g/mol. The number of aromatic nitrogens is 6. The number of rotatable bonds is 4. The van der Waals surface area contributed by atoms with Crippen LogP contribution in [0.2, 0.25) is 0 Å². The lowest BCUT2D eigenvalue weighted by Crippen LogP contribution is -2.36. The highest BCUT2D eigenvalue weighted by molar-refractivity contribution is 5.31. The second-order valence-electron chi connectivity index (χ2n) is 6.72. The lowest BCUT2D eigenvalue weighted by Gasteiger charge is -2.35. The van der Waals surface area contributed by atoms with E-state index in [4.69, 9.17) is 0 Å². The van der Waals surface area contributed by atoms with Gasteiger partial charge < -0.3 is 0 Å². The molecule has 1 atom stereocenters. The average Bonchev–Trinajstić information content (AvgIpc) is 3.31. The van der Waals surface area contributed by atoms with E-state index in [0.717, 1.165) is 37.4 Å². The minimum atomic E-state index is 0.185. The Morgan fingerprint density at radius 3 is 2.56 bits per heavy atom. The van der Waals surface area contributed by atoms with Gasteiger partial charge in [0, 0.05) is 13.2 Å². The first-order chi connectivity index (χ1) is 12.2. The number of nitrogens with zero attached hydrogens (tertiary/aromatic N) is 7. The maximum absolute atomic E-state index is 4.30. The molecular formula is C18H23N7. The van der Waals surface area contributed by atoms with Crippen LogP contribution >= 0.6 is 0 Å². The first-order valence-electron chi connectivity index (χ1n) is 8.78. The molecule has 1 aromatic carbocycles. The molecule has 3 aromatic rings. The normalized spacial score (nSPS) is 17.7. The summed E-state index contributed by atoms with van der Waals surface area (Å²) >= 11 is 0. The first kappa shape index (κ1) is 16.0. The third kappa shape index (κ3) is 3.19. The molecule has 0 bridgehead atoms. The molecule has 1 saturated heterocycles. The van der Waals surface area contributed by atoms with Crippen molar-refractivity contribution in [1.29, 1.82) is 0 Å². The third-order valence-electron chi connectivity index (χ3n) is 5.14. The molecule has 25 heavy (non-hydrogen) atoms. The predicted octanol–water partition coefficient (Wildman–Crippen LogP) is 2.34. The Morgan fingerprint density at radius 2 is 1.88 bits per heavy atom. The topological polar surface area (TPSA) is 64.7 Å². The molecule has 2 aromatic heterocycles. The lowest BCUT2D eigenvalue weighted by atomic mass is 9.91. The number of hydrogen-bond acceptors (Lipinski definition) is 5. The van der Waals surface area contributed by atoms with Crippen LogP contribution in [-0.4, -0.2) is 48.0 Å². The second-order valence-corrected chi connectivity index (χ2v) is 6.72. The SMILES string of the molecule is C[C@H](c1nnnn1-c1ccccc1)N1CCC(c2cnn(C)c2)CC1. The summed E-state index contributed by atoms with van der Waals surface area (Å²) in [5.41, 5.74) is 2.35. The van der Waals surface area contributed by atoms with Crippen molar-refractivity contribution in [2.24, 2.45) is 7.05 Å². The van der Waals surface area contributed by atoms with E-state index in [1.807, 2.05) is 52.9 Å². The summed E-state index contributed by atoms with van der Waals surface area (Å²) in [6, 6.07) is 10.3. The molecule has 0 aliphatic carbocycles. The summed E-state index contributed by atoms with van der Waals surface area (Å²) in [6.07, 6.45) is 6.42. The molecule has 4 rings (SSSR count). The van der Waals surface area contributed by atoms with Gasteiger partial charge in [-0.2, -0.15) is 9.78 Å². The molecule has 0 amide bonds. The molecule has 3 heterocycles. The first-order valence-corrected chi connectivity index (χ1v) is 8.78. The highest BCUT2D eigenvalue weighted by Gasteiger charge is 2.28. The van der Waals surface area contributed by atoms with Crippen LogP contribution in [0.5, 0.6) is 0 Å². The standard InChI is InChI=1S/C18H23N7/c1-14(18-20-21-22-25(18)17-6-4-3-5-7-17)24-10-8-15(9-11-24)16-12-19-23(2)13-16/h3-7,12-15H,8-11H2,1-2H3/t14-/m1/s1. The lowest BCUT2D eigenvalue weighted by molar-refractivity contribution is 0.155. The van der Waals surface area contributed by atoms with Gasteiger partial charge in [-0.1, -0.05) is 18.2 Å². The van der Waals surface area contributed by atoms with Gasteiger partial charge in [-0.15, -0.1) is 5.10 Å². The van der Waals surface area contributed by atoms with Crippen molar-refractivity contribution in [1.82, 2.24) is 34.9 Å². The van der Waals surface area contributed by atoms with Crippen molar-refractivity contribution in [2.75, 3.05) is 13.1 Å². The van der Waals surface area contributed by atoms with Crippen LogP contribution in [-0.2, 0) is 7.05 Å². The Hall–Kier alpha value is -2.54. The van der Waals surface area contributed by atoms with E-state index in [1.165, 1.54) is 5.56 Å². The van der Waals surface area contributed by atoms with Gasteiger partial charge in [0.15, 0.2) is 5.82 Å². The molecule has 7 heteroatoms. The van der Waals surface area contributed by atoms with Crippen LogP contribution in [0, 0.1) is 0 Å². The van der Waals surface area contributed by atoms with Crippen LogP contribution in [0.3, 0.4) is 0 Å². The summed E-state index contributed by atoms with van der Waals surface area (Å²) in [6.45, 7) is 4.28. The maximum Gasteiger partial charge on any atom is 0.173 e. The van der Waals surface area contributed by atoms with Crippen molar-refractivity contribution in [3.63, 3.8) is 0 Å². The molecule has 1 aliphatic heterocycles. The third-order valence-corrected chi connectivity index (χ3v) is 5.14. The Balaban J connectivity index is 1.46. The molecule has 1 fully saturated rings. The number of para-hydroxylation sites is 1. The molecule has 130 valence electrons. The van der Waals surface area contributed by atoms with E-state index >= 15 is 0 Å². The maximum atomic E-state index is 4.30. The average molecular weight is 337 g/mol. The van der Waals surface area contributed by atoms with E-state index in [9.17, 15) is 0 Å². The van der Waals surface area contributed by atoms with E-state index in [1.54, 1.807) is 0 Å². The number of aryl methyl sites for hydroxylation is 1. The molecule has 7 nitrogen and oxygen atoms in total. The van der Waals surface area contributed by atoms with Crippen molar-refractivity contribution in [2.45, 2.75) is 31.7 Å². The predicted molar refractivity (Wildman–Crippen MR) is 94.3 cm³/mol. The zero-order valence-corrected chi connectivity index (χ0v) is 14.7. The van der Waals surface area contributed by atoms with Gasteiger partial charge in [-0.3, -0.25) is 9.58 Å². The fraction of sp³-hybridized carbons (Fsp3) is 0.444. The minimum Gasteiger partial charge on any atom is -0.294 e. The van der Waals surface area contributed by atoms with Crippen LogP contribution in [0.25, 0.3) is 5.69 Å². The van der Waals surface area contributed by atoms with Crippen molar-refractivity contribution < 1.29 is 0 Å².